The van der Waals surface area contributed by atoms with Crippen LogP contribution in [-0.2, 0) is 31.4 Å². The molecule has 0 spiro atoms. The molecule has 0 fully saturated rings. The van der Waals surface area contributed by atoms with Crippen molar-refractivity contribution in [3.8, 4) is 0 Å². The Bertz CT molecular complexity index is 1470. The molecular weight excluding hydrogens is 396 g/mol. The van der Waals surface area contributed by atoms with Crippen molar-refractivity contribution in [1.29, 1.82) is 0 Å². The number of benzene rings is 1. The van der Waals surface area contributed by atoms with Crippen molar-refractivity contribution in [2.45, 2.75) is 10.9 Å². The van der Waals surface area contributed by atoms with Gasteiger partial charge in [-0.2, -0.15) is 10.2 Å². The molecule has 5 aromatic rings. The van der Waals surface area contributed by atoms with Crippen molar-refractivity contribution in [2.75, 3.05) is 6.26 Å². The standard InChI is InChI=1S/C18H16N6O2S2/c1-22-14-12(15-16(22)21-18(27-15)28(3)26)8-20-24(17(14)25)9-10-5-4-6-13-11(10)7-19-23(13)2/h4-8H,9H2,1-3H3. The van der Waals surface area contributed by atoms with Crippen LogP contribution < -0.4 is 5.56 Å². The summed E-state index contributed by atoms with van der Waals surface area (Å²) < 4.78 is 18.2. The number of aromatic nitrogens is 6. The van der Waals surface area contributed by atoms with Crippen LogP contribution in [0.4, 0.5) is 0 Å². The average Bonchev–Trinajstić information content (AvgIpc) is 3.34. The molecule has 0 saturated heterocycles. The molecule has 142 valence electrons. The van der Waals surface area contributed by atoms with E-state index in [9.17, 15) is 9.00 Å². The highest BCUT2D eigenvalue weighted by molar-refractivity contribution is 7.86. The number of rotatable bonds is 3. The Labute approximate surface area is 165 Å². The molecule has 0 aliphatic rings. The molecule has 5 rings (SSSR count). The lowest BCUT2D eigenvalue weighted by Gasteiger charge is -2.07. The summed E-state index contributed by atoms with van der Waals surface area (Å²) in [6.07, 6.45) is 5.11. The SMILES string of the molecule is Cn1ncc2c(Cn3ncc4c5sc(S(C)=O)nc5n(C)c4c3=O)cccc21. The van der Waals surface area contributed by atoms with Gasteiger partial charge in [0.1, 0.15) is 5.52 Å². The Morgan fingerprint density at radius 2 is 1.93 bits per heavy atom. The van der Waals surface area contributed by atoms with Crippen molar-refractivity contribution in [3.05, 3.63) is 46.5 Å². The first-order valence-corrected chi connectivity index (χ1v) is 10.9. The minimum Gasteiger partial charge on any atom is -0.323 e. The van der Waals surface area contributed by atoms with E-state index >= 15 is 0 Å². The fraction of sp³-hybridized carbons (Fsp3) is 0.222. The summed E-state index contributed by atoms with van der Waals surface area (Å²) in [5, 5.41) is 10.4. The highest BCUT2D eigenvalue weighted by Crippen LogP contribution is 2.31. The van der Waals surface area contributed by atoms with Gasteiger partial charge in [-0.3, -0.25) is 13.7 Å². The molecule has 0 aliphatic carbocycles. The molecule has 0 aliphatic heterocycles. The van der Waals surface area contributed by atoms with Gasteiger partial charge in [-0.25, -0.2) is 9.67 Å². The van der Waals surface area contributed by atoms with Gasteiger partial charge >= 0.3 is 0 Å². The smallest absolute Gasteiger partial charge is 0.291 e. The van der Waals surface area contributed by atoms with Crippen LogP contribution in [0, 0.1) is 0 Å². The second-order valence-electron chi connectivity index (χ2n) is 6.63. The van der Waals surface area contributed by atoms with E-state index in [1.54, 1.807) is 24.1 Å². The van der Waals surface area contributed by atoms with Gasteiger partial charge in [0.15, 0.2) is 9.99 Å². The van der Waals surface area contributed by atoms with Gasteiger partial charge in [-0.05, 0) is 11.6 Å². The number of aryl methyl sites for hydroxylation is 2. The predicted molar refractivity (Wildman–Crippen MR) is 110 cm³/mol. The van der Waals surface area contributed by atoms with Gasteiger partial charge in [-0.1, -0.05) is 12.1 Å². The van der Waals surface area contributed by atoms with Crippen LogP contribution in [0.2, 0.25) is 0 Å². The molecule has 28 heavy (non-hydrogen) atoms. The topological polar surface area (TPSA) is 87.6 Å². The van der Waals surface area contributed by atoms with Crippen molar-refractivity contribution in [3.63, 3.8) is 0 Å². The zero-order valence-corrected chi connectivity index (χ0v) is 17.0. The van der Waals surface area contributed by atoms with Gasteiger partial charge in [0, 0.05) is 31.1 Å². The molecule has 0 N–H and O–H groups in total. The number of hydrogen-bond donors (Lipinski definition) is 0. The van der Waals surface area contributed by atoms with E-state index in [1.165, 1.54) is 16.0 Å². The zero-order chi connectivity index (χ0) is 19.6. The molecule has 0 amide bonds. The third-order valence-electron chi connectivity index (χ3n) is 4.95. The van der Waals surface area contributed by atoms with E-state index in [4.69, 9.17) is 0 Å². The van der Waals surface area contributed by atoms with Gasteiger partial charge in [0.05, 0.1) is 40.0 Å². The zero-order valence-electron chi connectivity index (χ0n) is 15.4. The number of hydrogen-bond acceptors (Lipinski definition) is 6. The molecule has 10 heteroatoms. The lowest BCUT2D eigenvalue weighted by molar-refractivity contribution is 0.647. The lowest BCUT2D eigenvalue weighted by Crippen LogP contribution is -2.24. The van der Waals surface area contributed by atoms with E-state index in [-0.39, 0.29) is 5.56 Å². The predicted octanol–water partition coefficient (Wildman–Crippen LogP) is 2.02. The van der Waals surface area contributed by atoms with E-state index in [0.29, 0.717) is 22.0 Å². The van der Waals surface area contributed by atoms with E-state index in [2.05, 4.69) is 15.2 Å². The maximum absolute atomic E-state index is 13.2. The summed E-state index contributed by atoms with van der Waals surface area (Å²) in [6.45, 7) is 0.355. The summed E-state index contributed by atoms with van der Waals surface area (Å²) in [4.78, 5) is 17.6. The lowest BCUT2D eigenvalue weighted by atomic mass is 10.1. The third kappa shape index (κ3) is 2.38. The van der Waals surface area contributed by atoms with Crippen molar-refractivity contribution < 1.29 is 4.21 Å². The number of thiazole rings is 1. The average molecular weight is 413 g/mol. The van der Waals surface area contributed by atoms with Crippen LogP contribution in [0.5, 0.6) is 0 Å². The van der Waals surface area contributed by atoms with Crippen molar-refractivity contribution in [2.24, 2.45) is 14.1 Å². The summed E-state index contributed by atoms with van der Waals surface area (Å²) >= 11 is 1.35. The highest BCUT2D eigenvalue weighted by atomic mass is 32.2. The molecule has 1 unspecified atom stereocenters. The number of fused-ring (bicyclic) bond motifs is 4. The molecule has 4 aromatic heterocycles. The van der Waals surface area contributed by atoms with Gasteiger partial charge < -0.3 is 4.57 Å². The van der Waals surface area contributed by atoms with Gasteiger partial charge in [0.25, 0.3) is 5.56 Å². The van der Waals surface area contributed by atoms with Gasteiger partial charge in [-0.15, -0.1) is 11.3 Å². The minimum atomic E-state index is -1.16. The Hall–Kier alpha value is -2.85. The molecule has 1 atom stereocenters. The summed E-state index contributed by atoms with van der Waals surface area (Å²) in [6, 6.07) is 5.94. The monoisotopic (exact) mass is 412 g/mol. The van der Waals surface area contributed by atoms with Crippen LogP contribution in [-0.4, -0.2) is 39.6 Å². The first kappa shape index (κ1) is 17.3. The third-order valence-corrected chi connectivity index (χ3v) is 7.36. The highest BCUT2D eigenvalue weighted by Gasteiger charge is 2.19. The quantitative estimate of drug-likeness (QED) is 0.452. The van der Waals surface area contributed by atoms with Crippen LogP contribution in [0.15, 0.2) is 39.7 Å². The summed E-state index contributed by atoms with van der Waals surface area (Å²) in [5.41, 5.74) is 3.03. The first-order valence-electron chi connectivity index (χ1n) is 8.54. The Kier molecular flexibility index (Phi) is 3.75. The van der Waals surface area contributed by atoms with Crippen molar-refractivity contribution >= 4 is 54.3 Å². The van der Waals surface area contributed by atoms with E-state index in [1.807, 2.05) is 36.1 Å². The van der Waals surface area contributed by atoms with Gasteiger partial charge in [0.2, 0.25) is 0 Å². The molecule has 1 aromatic carbocycles. The van der Waals surface area contributed by atoms with E-state index < -0.39 is 10.8 Å². The van der Waals surface area contributed by atoms with E-state index in [0.717, 1.165) is 26.6 Å². The molecule has 0 radical (unpaired) electrons. The fourth-order valence-corrected chi connectivity index (χ4v) is 5.32. The Balaban J connectivity index is 1.68. The van der Waals surface area contributed by atoms with Crippen LogP contribution in [0.3, 0.4) is 0 Å². The molecular formula is C18H16N6O2S2. The maximum Gasteiger partial charge on any atom is 0.291 e. The molecule has 0 bridgehead atoms. The number of nitrogens with zero attached hydrogens (tertiary/aromatic N) is 6. The molecule has 4 heterocycles. The fourth-order valence-electron chi connectivity index (χ4n) is 3.54. The molecule has 8 nitrogen and oxygen atoms in total. The minimum absolute atomic E-state index is 0.176. The Morgan fingerprint density at radius 3 is 2.71 bits per heavy atom. The first-order chi connectivity index (χ1) is 13.5. The largest absolute Gasteiger partial charge is 0.323 e. The summed E-state index contributed by atoms with van der Waals surface area (Å²) in [7, 11) is 2.54. The second kappa shape index (κ2) is 6.08. The van der Waals surface area contributed by atoms with Crippen LogP contribution in [0.25, 0.3) is 32.2 Å². The van der Waals surface area contributed by atoms with Crippen LogP contribution in [0.1, 0.15) is 5.56 Å². The van der Waals surface area contributed by atoms with Crippen molar-refractivity contribution in [1.82, 2.24) is 29.1 Å². The second-order valence-corrected chi connectivity index (χ2v) is 9.19. The summed E-state index contributed by atoms with van der Waals surface area (Å²) in [5.74, 6) is 0. The van der Waals surface area contributed by atoms with Crippen LogP contribution >= 0.6 is 11.3 Å². The molecule has 0 saturated carbocycles. The Morgan fingerprint density at radius 1 is 1.14 bits per heavy atom. The normalized spacial score (nSPS) is 13.1. The maximum atomic E-state index is 13.2.